The second-order valence-corrected chi connectivity index (χ2v) is 9.20. The van der Waals surface area contributed by atoms with Crippen LogP contribution in [0, 0.1) is 0 Å². The van der Waals surface area contributed by atoms with Crippen LogP contribution in [0.3, 0.4) is 0 Å². The molecule has 0 aliphatic heterocycles. The smallest absolute Gasteiger partial charge is 0.161 e. The number of pyridine rings is 1. The van der Waals surface area contributed by atoms with Crippen molar-refractivity contribution in [1.29, 1.82) is 0 Å². The summed E-state index contributed by atoms with van der Waals surface area (Å²) in [7, 11) is 1.70. The number of aryl methyl sites for hydroxylation is 2. The molecule has 3 aromatic carbocycles. The Morgan fingerprint density at radius 1 is 0.833 bits per heavy atom. The molecule has 184 valence electrons. The quantitative estimate of drug-likeness (QED) is 0.256. The highest BCUT2D eigenvalue weighted by Crippen LogP contribution is 2.33. The van der Waals surface area contributed by atoms with E-state index in [1.165, 1.54) is 18.4 Å². The highest BCUT2D eigenvalue weighted by atomic mass is 16.5. The van der Waals surface area contributed by atoms with Crippen molar-refractivity contribution < 1.29 is 14.2 Å². The van der Waals surface area contributed by atoms with Gasteiger partial charge in [-0.05, 0) is 104 Å². The van der Waals surface area contributed by atoms with E-state index in [9.17, 15) is 0 Å². The van der Waals surface area contributed by atoms with Crippen molar-refractivity contribution in [1.82, 2.24) is 4.98 Å². The number of nitrogens with two attached hydrogens (primary N) is 1. The minimum Gasteiger partial charge on any atom is -0.493 e. The van der Waals surface area contributed by atoms with E-state index in [0.717, 1.165) is 65.5 Å². The molecule has 1 saturated carbocycles. The summed E-state index contributed by atoms with van der Waals surface area (Å²) < 4.78 is 17.8. The monoisotopic (exact) mass is 480 g/mol. The molecule has 0 saturated heterocycles. The maximum absolute atomic E-state index is 6.28. The van der Waals surface area contributed by atoms with Crippen LogP contribution in [-0.4, -0.2) is 18.2 Å². The van der Waals surface area contributed by atoms with Gasteiger partial charge in [0, 0.05) is 23.1 Å². The van der Waals surface area contributed by atoms with Gasteiger partial charge < -0.3 is 19.9 Å². The molecule has 1 aliphatic carbocycles. The largest absolute Gasteiger partial charge is 0.493 e. The lowest BCUT2D eigenvalue weighted by molar-refractivity contribution is 0.200. The lowest BCUT2D eigenvalue weighted by Crippen LogP contribution is -2.11. The van der Waals surface area contributed by atoms with Gasteiger partial charge in [-0.25, -0.2) is 0 Å². The molecule has 0 radical (unpaired) electrons. The summed E-state index contributed by atoms with van der Waals surface area (Å²) in [5.74, 6) is 3.18. The fourth-order valence-corrected chi connectivity index (χ4v) is 4.69. The average Bonchev–Trinajstić information content (AvgIpc) is 3.43. The maximum atomic E-state index is 6.28. The van der Waals surface area contributed by atoms with Crippen LogP contribution in [0.4, 0.5) is 5.69 Å². The molecule has 1 aromatic heterocycles. The Morgan fingerprint density at radius 2 is 1.56 bits per heavy atom. The van der Waals surface area contributed by atoms with Crippen molar-refractivity contribution in [2.45, 2.75) is 44.6 Å². The molecule has 5 rings (SSSR count). The number of hydrogen-bond acceptors (Lipinski definition) is 5. The van der Waals surface area contributed by atoms with Crippen LogP contribution in [0.15, 0.2) is 85.1 Å². The van der Waals surface area contributed by atoms with E-state index in [4.69, 9.17) is 24.9 Å². The molecule has 0 bridgehead atoms. The fraction of sp³-hybridized carbons (Fsp3) is 0.258. The summed E-state index contributed by atoms with van der Waals surface area (Å²) in [5.41, 5.74) is 11.0. The van der Waals surface area contributed by atoms with Crippen molar-refractivity contribution in [2.24, 2.45) is 0 Å². The molecule has 1 fully saturated rings. The number of nitrogens with zero attached hydrogens (tertiary/aromatic N) is 1. The Bertz CT molecular complexity index is 1280. The van der Waals surface area contributed by atoms with E-state index < -0.39 is 0 Å². The van der Waals surface area contributed by atoms with Crippen LogP contribution in [0.25, 0.3) is 11.1 Å². The Kier molecular flexibility index (Phi) is 7.36. The minimum atomic E-state index is 0.295. The van der Waals surface area contributed by atoms with Crippen molar-refractivity contribution >= 4 is 5.69 Å². The molecule has 5 nitrogen and oxygen atoms in total. The second kappa shape index (κ2) is 11.2. The van der Waals surface area contributed by atoms with Crippen molar-refractivity contribution in [3.63, 3.8) is 0 Å². The molecular weight excluding hydrogens is 448 g/mol. The highest BCUT2D eigenvalue weighted by Gasteiger charge is 2.19. The van der Waals surface area contributed by atoms with E-state index in [-0.39, 0.29) is 0 Å². The van der Waals surface area contributed by atoms with Crippen molar-refractivity contribution in [3.05, 3.63) is 96.3 Å². The normalized spacial score (nSPS) is 13.5. The van der Waals surface area contributed by atoms with Crippen LogP contribution in [0.2, 0.25) is 0 Å². The van der Waals surface area contributed by atoms with Gasteiger partial charge in [0.1, 0.15) is 11.5 Å². The van der Waals surface area contributed by atoms with Crippen LogP contribution in [0.5, 0.6) is 23.0 Å². The number of nitrogen functional groups attached to an aromatic ring is 1. The Balaban J connectivity index is 1.28. The van der Waals surface area contributed by atoms with Gasteiger partial charge in [0.2, 0.25) is 0 Å². The lowest BCUT2D eigenvalue weighted by atomic mass is 9.99. The summed E-state index contributed by atoms with van der Waals surface area (Å²) in [6.07, 6.45) is 8.57. The summed E-state index contributed by atoms with van der Waals surface area (Å²) in [6, 6.07) is 25.9. The first-order valence-electron chi connectivity index (χ1n) is 12.6. The molecule has 36 heavy (non-hydrogen) atoms. The topological polar surface area (TPSA) is 66.6 Å². The molecule has 0 spiro atoms. The molecule has 5 heteroatoms. The van der Waals surface area contributed by atoms with Crippen molar-refractivity contribution in [3.8, 4) is 34.1 Å². The zero-order valence-corrected chi connectivity index (χ0v) is 20.7. The molecular formula is C31H32N2O3. The van der Waals surface area contributed by atoms with Crippen LogP contribution < -0.4 is 19.9 Å². The predicted octanol–water partition coefficient (Wildman–Crippen LogP) is 7.24. The summed E-state index contributed by atoms with van der Waals surface area (Å²) in [5, 5.41) is 0. The van der Waals surface area contributed by atoms with Gasteiger partial charge in [0.05, 0.1) is 13.2 Å². The first-order valence-corrected chi connectivity index (χ1v) is 12.6. The molecule has 1 heterocycles. The van der Waals surface area contributed by atoms with Crippen LogP contribution in [-0.2, 0) is 12.8 Å². The number of aromatic nitrogens is 1. The zero-order valence-electron chi connectivity index (χ0n) is 20.7. The standard InChI is InChI=1S/C31H32N2O3/c1-34-30-19-9-22(21-31(30)36-25-5-2-3-6-25)8-18-29-28(7-4-20-33-29)23-10-14-26(15-11-23)35-27-16-12-24(32)13-17-27/h4,7,9-17,19-21,25H,2-3,5-6,8,18,32H2,1H3. The first kappa shape index (κ1) is 23.7. The number of hydrogen-bond donors (Lipinski definition) is 1. The summed E-state index contributed by atoms with van der Waals surface area (Å²) in [6.45, 7) is 0. The predicted molar refractivity (Wildman–Crippen MR) is 144 cm³/mol. The zero-order chi connectivity index (χ0) is 24.7. The third kappa shape index (κ3) is 5.80. The van der Waals surface area contributed by atoms with Gasteiger partial charge in [-0.3, -0.25) is 4.98 Å². The number of benzene rings is 3. The van der Waals surface area contributed by atoms with Crippen molar-refractivity contribution in [2.75, 3.05) is 12.8 Å². The van der Waals surface area contributed by atoms with Gasteiger partial charge in [-0.1, -0.05) is 24.3 Å². The lowest BCUT2D eigenvalue weighted by Gasteiger charge is -2.17. The van der Waals surface area contributed by atoms with Crippen LogP contribution >= 0.6 is 0 Å². The number of ether oxygens (including phenoxy) is 3. The SMILES string of the molecule is COc1ccc(CCc2ncccc2-c2ccc(Oc3ccc(N)cc3)cc2)cc1OC1CCCC1. The molecule has 0 atom stereocenters. The first-order chi connectivity index (χ1) is 17.7. The molecule has 1 aliphatic rings. The molecule has 0 unspecified atom stereocenters. The van der Waals surface area contributed by atoms with Gasteiger partial charge in [-0.15, -0.1) is 0 Å². The molecule has 2 N–H and O–H groups in total. The van der Waals surface area contributed by atoms with Crippen LogP contribution in [0.1, 0.15) is 36.9 Å². The van der Waals surface area contributed by atoms with Gasteiger partial charge in [0.15, 0.2) is 11.5 Å². The van der Waals surface area contributed by atoms with Gasteiger partial charge >= 0.3 is 0 Å². The highest BCUT2D eigenvalue weighted by molar-refractivity contribution is 5.66. The number of methoxy groups -OCH3 is 1. The summed E-state index contributed by atoms with van der Waals surface area (Å²) >= 11 is 0. The van der Waals surface area contributed by atoms with E-state index in [0.29, 0.717) is 11.8 Å². The summed E-state index contributed by atoms with van der Waals surface area (Å²) in [4.78, 5) is 4.71. The van der Waals surface area contributed by atoms with Gasteiger partial charge in [-0.2, -0.15) is 0 Å². The van der Waals surface area contributed by atoms with E-state index in [2.05, 4.69) is 30.3 Å². The van der Waals surface area contributed by atoms with E-state index >= 15 is 0 Å². The Labute approximate surface area is 212 Å². The fourth-order valence-electron chi connectivity index (χ4n) is 4.69. The van der Waals surface area contributed by atoms with E-state index in [1.807, 2.05) is 54.7 Å². The third-order valence-corrected chi connectivity index (χ3v) is 6.65. The van der Waals surface area contributed by atoms with E-state index in [1.54, 1.807) is 7.11 Å². The molecule has 4 aromatic rings. The maximum Gasteiger partial charge on any atom is 0.161 e. The van der Waals surface area contributed by atoms with Gasteiger partial charge in [0.25, 0.3) is 0 Å². The Hall–Kier alpha value is -3.99. The average molecular weight is 481 g/mol. The number of rotatable bonds is 9. The second-order valence-electron chi connectivity index (χ2n) is 9.20. The minimum absolute atomic E-state index is 0.295. The molecule has 0 amide bonds. The number of anilines is 1. The Morgan fingerprint density at radius 3 is 2.28 bits per heavy atom. The third-order valence-electron chi connectivity index (χ3n) is 6.65.